The van der Waals surface area contributed by atoms with Crippen LogP contribution in [0.5, 0.6) is 0 Å². The molecule has 0 aliphatic rings. The Labute approximate surface area is 135 Å². The fraction of sp³-hybridized carbons (Fsp3) is 0.222. The fourth-order valence-electron chi connectivity index (χ4n) is 2.30. The number of hydrogen-bond acceptors (Lipinski definition) is 4. The van der Waals surface area contributed by atoms with Crippen LogP contribution in [0.1, 0.15) is 11.4 Å². The van der Waals surface area contributed by atoms with Crippen LogP contribution >= 0.6 is 0 Å². The van der Waals surface area contributed by atoms with Gasteiger partial charge in [0.1, 0.15) is 6.61 Å². The Bertz CT molecular complexity index is 727. The van der Waals surface area contributed by atoms with Gasteiger partial charge in [-0.25, -0.2) is 9.67 Å². The molecule has 0 spiro atoms. The lowest BCUT2D eigenvalue weighted by Gasteiger charge is -2.05. The third-order valence-electron chi connectivity index (χ3n) is 3.43. The van der Waals surface area contributed by atoms with Crippen molar-refractivity contribution < 1.29 is 9.84 Å². The van der Waals surface area contributed by atoms with E-state index in [0.29, 0.717) is 31.4 Å². The summed E-state index contributed by atoms with van der Waals surface area (Å²) in [5.74, 6) is 1.37. The van der Waals surface area contributed by atoms with Crippen LogP contribution in [-0.4, -0.2) is 26.5 Å². The van der Waals surface area contributed by atoms with Crippen LogP contribution in [-0.2, 0) is 24.5 Å². The summed E-state index contributed by atoms with van der Waals surface area (Å²) < 4.78 is 7.44. The predicted octanol–water partition coefficient (Wildman–Crippen LogP) is 2.65. The maximum absolute atomic E-state index is 9.20. The van der Waals surface area contributed by atoms with Gasteiger partial charge in [-0.05, 0) is 5.56 Å². The molecule has 5 nitrogen and oxygen atoms in total. The Kier molecular flexibility index (Phi) is 5.13. The summed E-state index contributed by atoms with van der Waals surface area (Å²) in [5, 5.41) is 13.7. The summed E-state index contributed by atoms with van der Waals surface area (Å²) >= 11 is 0. The first kappa shape index (κ1) is 15.4. The lowest BCUT2D eigenvalue weighted by molar-refractivity contribution is 0.0975. The van der Waals surface area contributed by atoms with Gasteiger partial charge in [0.15, 0.2) is 11.6 Å². The molecular formula is C18H19N3O2. The van der Waals surface area contributed by atoms with Crippen molar-refractivity contribution in [3.63, 3.8) is 0 Å². The molecule has 0 aliphatic heterocycles. The van der Waals surface area contributed by atoms with Gasteiger partial charge in [0, 0.05) is 5.56 Å². The summed E-state index contributed by atoms with van der Waals surface area (Å²) in [5.41, 5.74) is 2.07. The molecule has 5 heteroatoms. The first-order chi connectivity index (χ1) is 11.4. The molecule has 0 amide bonds. The molecule has 3 aromatic rings. The van der Waals surface area contributed by atoms with E-state index in [2.05, 4.69) is 10.1 Å². The maximum Gasteiger partial charge on any atom is 0.181 e. The van der Waals surface area contributed by atoms with Gasteiger partial charge in [-0.1, -0.05) is 60.7 Å². The highest BCUT2D eigenvalue weighted by Crippen LogP contribution is 2.16. The van der Waals surface area contributed by atoms with Crippen molar-refractivity contribution in [2.75, 3.05) is 6.61 Å². The summed E-state index contributed by atoms with van der Waals surface area (Å²) in [6, 6.07) is 19.8. The highest BCUT2D eigenvalue weighted by Gasteiger charge is 2.11. The van der Waals surface area contributed by atoms with E-state index >= 15 is 0 Å². The molecule has 23 heavy (non-hydrogen) atoms. The maximum atomic E-state index is 9.20. The number of nitrogens with zero attached hydrogens (tertiary/aromatic N) is 3. The van der Waals surface area contributed by atoms with E-state index in [0.717, 1.165) is 11.1 Å². The van der Waals surface area contributed by atoms with Gasteiger partial charge in [-0.15, -0.1) is 0 Å². The van der Waals surface area contributed by atoms with Gasteiger partial charge in [-0.3, -0.25) is 0 Å². The highest BCUT2D eigenvalue weighted by atomic mass is 16.5. The van der Waals surface area contributed by atoms with Crippen LogP contribution in [0, 0.1) is 0 Å². The number of aliphatic hydroxyl groups is 1. The second-order valence-electron chi connectivity index (χ2n) is 5.14. The Balaban J connectivity index is 1.71. The molecule has 0 unspecified atom stereocenters. The lowest BCUT2D eigenvalue weighted by Crippen LogP contribution is -2.10. The van der Waals surface area contributed by atoms with Gasteiger partial charge >= 0.3 is 0 Å². The van der Waals surface area contributed by atoms with Crippen LogP contribution < -0.4 is 0 Å². The average Bonchev–Trinajstić information content (AvgIpc) is 3.00. The Hall–Kier alpha value is -2.50. The van der Waals surface area contributed by atoms with Crippen LogP contribution in [0.3, 0.4) is 0 Å². The number of hydrogen-bond donors (Lipinski definition) is 1. The molecule has 0 atom stereocenters. The number of benzene rings is 2. The van der Waals surface area contributed by atoms with E-state index in [1.807, 2.05) is 60.7 Å². The number of rotatable bonds is 7. The SMILES string of the molecule is OCCn1nc(-c2ccccc2)nc1COCc1ccccc1. The largest absolute Gasteiger partial charge is 0.394 e. The van der Waals surface area contributed by atoms with Gasteiger partial charge in [0.25, 0.3) is 0 Å². The summed E-state index contributed by atoms with van der Waals surface area (Å²) in [4.78, 5) is 4.55. The van der Waals surface area contributed by atoms with Crippen LogP contribution in [0.2, 0.25) is 0 Å². The first-order valence-electron chi connectivity index (χ1n) is 7.58. The van der Waals surface area contributed by atoms with Crippen molar-refractivity contribution in [1.82, 2.24) is 14.8 Å². The molecule has 0 fully saturated rings. The second-order valence-corrected chi connectivity index (χ2v) is 5.14. The molecule has 2 aromatic carbocycles. The van der Waals surface area contributed by atoms with E-state index in [9.17, 15) is 5.11 Å². The van der Waals surface area contributed by atoms with Crippen LogP contribution in [0.15, 0.2) is 60.7 Å². The molecule has 1 N–H and O–H groups in total. The molecule has 0 bridgehead atoms. The van der Waals surface area contributed by atoms with E-state index in [4.69, 9.17) is 4.74 Å². The van der Waals surface area contributed by atoms with Crippen LogP contribution in [0.4, 0.5) is 0 Å². The number of aliphatic hydroxyl groups excluding tert-OH is 1. The molecule has 0 radical (unpaired) electrons. The van der Waals surface area contributed by atoms with Gasteiger partial charge in [-0.2, -0.15) is 5.10 Å². The molecule has 3 rings (SSSR count). The zero-order valence-electron chi connectivity index (χ0n) is 12.8. The molecule has 0 aliphatic carbocycles. The van der Waals surface area contributed by atoms with Crippen molar-refractivity contribution in [2.45, 2.75) is 19.8 Å². The average molecular weight is 309 g/mol. The zero-order valence-corrected chi connectivity index (χ0v) is 12.8. The minimum Gasteiger partial charge on any atom is -0.394 e. The van der Waals surface area contributed by atoms with Crippen molar-refractivity contribution in [2.24, 2.45) is 0 Å². The van der Waals surface area contributed by atoms with Gasteiger partial charge in [0.05, 0.1) is 19.8 Å². The van der Waals surface area contributed by atoms with Gasteiger partial charge < -0.3 is 9.84 Å². The third kappa shape index (κ3) is 4.03. The monoisotopic (exact) mass is 309 g/mol. The number of ether oxygens (including phenoxy) is 1. The molecule has 1 aromatic heterocycles. The predicted molar refractivity (Wildman–Crippen MR) is 87.5 cm³/mol. The van der Waals surface area contributed by atoms with Crippen molar-refractivity contribution in [1.29, 1.82) is 0 Å². The standard InChI is InChI=1S/C18H19N3O2/c22-12-11-21-17(14-23-13-15-7-3-1-4-8-15)19-18(20-21)16-9-5-2-6-10-16/h1-10,22H,11-14H2. The topological polar surface area (TPSA) is 60.2 Å². The summed E-state index contributed by atoms with van der Waals surface area (Å²) in [6.45, 7) is 1.30. The summed E-state index contributed by atoms with van der Waals surface area (Å²) in [6.07, 6.45) is 0. The smallest absolute Gasteiger partial charge is 0.181 e. The van der Waals surface area contributed by atoms with E-state index in [1.54, 1.807) is 4.68 Å². The number of aromatic nitrogens is 3. The quantitative estimate of drug-likeness (QED) is 0.729. The summed E-state index contributed by atoms with van der Waals surface area (Å²) in [7, 11) is 0. The Morgan fingerprint density at radius 3 is 2.30 bits per heavy atom. The molecule has 0 saturated heterocycles. The molecule has 118 valence electrons. The third-order valence-corrected chi connectivity index (χ3v) is 3.43. The minimum atomic E-state index is 0.0171. The van der Waals surface area contributed by atoms with Crippen LogP contribution in [0.25, 0.3) is 11.4 Å². The first-order valence-corrected chi connectivity index (χ1v) is 7.58. The van der Waals surface area contributed by atoms with Crippen molar-refractivity contribution in [3.05, 3.63) is 72.1 Å². The van der Waals surface area contributed by atoms with Crippen molar-refractivity contribution >= 4 is 0 Å². The Morgan fingerprint density at radius 2 is 1.61 bits per heavy atom. The van der Waals surface area contributed by atoms with E-state index in [1.165, 1.54) is 0 Å². The Morgan fingerprint density at radius 1 is 0.913 bits per heavy atom. The van der Waals surface area contributed by atoms with E-state index < -0.39 is 0 Å². The lowest BCUT2D eigenvalue weighted by atomic mass is 10.2. The van der Waals surface area contributed by atoms with Crippen molar-refractivity contribution in [3.8, 4) is 11.4 Å². The second kappa shape index (κ2) is 7.67. The highest BCUT2D eigenvalue weighted by molar-refractivity contribution is 5.53. The molecular weight excluding hydrogens is 290 g/mol. The normalized spacial score (nSPS) is 10.8. The van der Waals surface area contributed by atoms with E-state index in [-0.39, 0.29) is 6.61 Å². The molecule has 0 saturated carbocycles. The zero-order chi connectivity index (χ0) is 15.9. The minimum absolute atomic E-state index is 0.0171. The van der Waals surface area contributed by atoms with Gasteiger partial charge in [0.2, 0.25) is 0 Å². The molecule has 1 heterocycles. The fourth-order valence-corrected chi connectivity index (χ4v) is 2.30.